The van der Waals surface area contributed by atoms with E-state index in [0.717, 1.165) is 43.9 Å². The fraction of sp³-hybridized carbons (Fsp3) is 0.273. The molecule has 3 aromatic rings. The molecule has 11 heteroatoms. The Bertz CT molecular complexity index is 1250. The van der Waals surface area contributed by atoms with Crippen LogP contribution in [0.15, 0.2) is 59.5 Å². The van der Waals surface area contributed by atoms with E-state index >= 15 is 0 Å². The van der Waals surface area contributed by atoms with Crippen molar-refractivity contribution in [3.63, 3.8) is 0 Å². The lowest BCUT2D eigenvalue weighted by Gasteiger charge is -2.27. The van der Waals surface area contributed by atoms with Gasteiger partial charge in [-0.2, -0.15) is 13.2 Å². The number of anilines is 2. The third-order valence-corrected chi connectivity index (χ3v) is 7.15. The van der Waals surface area contributed by atoms with Crippen LogP contribution in [0, 0.1) is 0 Å². The van der Waals surface area contributed by atoms with E-state index in [0.29, 0.717) is 17.3 Å². The molecule has 33 heavy (non-hydrogen) atoms. The van der Waals surface area contributed by atoms with Gasteiger partial charge in [0.1, 0.15) is 4.90 Å². The molecule has 1 fully saturated rings. The molecular formula is C22H20ClF3N4O2S. The Morgan fingerprint density at radius 1 is 0.939 bits per heavy atom. The average Bonchev–Trinajstić information content (AvgIpc) is 2.79. The first-order chi connectivity index (χ1) is 15.6. The van der Waals surface area contributed by atoms with Crippen LogP contribution >= 0.6 is 11.6 Å². The van der Waals surface area contributed by atoms with Gasteiger partial charge < -0.3 is 4.90 Å². The van der Waals surface area contributed by atoms with Gasteiger partial charge in [0.25, 0.3) is 10.0 Å². The normalized spacial score (nSPS) is 14.8. The number of rotatable bonds is 5. The molecule has 1 saturated heterocycles. The van der Waals surface area contributed by atoms with Gasteiger partial charge >= 0.3 is 6.18 Å². The highest BCUT2D eigenvalue weighted by Gasteiger charge is 2.32. The average molecular weight is 497 g/mol. The van der Waals surface area contributed by atoms with E-state index in [1.807, 2.05) is 6.07 Å². The van der Waals surface area contributed by atoms with Gasteiger partial charge in [0, 0.05) is 24.3 Å². The molecule has 4 rings (SSSR count). The van der Waals surface area contributed by atoms with Crippen LogP contribution in [0.5, 0.6) is 0 Å². The molecular weight excluding hydrogens is 477 g/mol. The van der Waals surface area contributed by atoms with Crippen molar-refractivity contribution in [1.29, 1.82) is 0 Å². The Hall–Kier alpha value is -2.85. The largest absolute Gasteiger partial charge is 0.416 e. The van der Waals surface area contributed by atoms with Crippen LogP contribution in [0.1, 0.15) is 24.8 Å². The molecule has 0 bridgehead atoms. The number of nitrogens with one attached hydrogen (secondary N) is 1. The summed E-state index contributed by atoms with van der Waals surface area (Å²) >= 11 is 5.89. The van der Waals surface area contributed by atoms with Crippen LogP contribution in [0.25, 0.3) is 11.3 Å². The number of benzene rings is 2. The van der Waals surface area contributed by atoms with Gasteiger partial charge in [0.05, 0.1) is 16.3 Å². The van der Waals surface area contributed by atoms with Crippen molar-refractivity contribution < 1.29 is 21.6 Å². The molecule has 1 N–H and O–H groups in total. The summed E-state index contributed by atoms with van der Waals surface area (Å²) in [4.78, 5) is 1.51. The fourth-order valence-electron chi connectivity index (χ4n) is 3.61. The summed E-state index contributed by atoms with van der Waals surface area (Å²) in [6.07, 6.45) is -1.27. The zero-order chi connectivity index (χ0) is 23.6. The quantitative estimate of drug-likeness (QED) is 0.497. The Balaban J connectivity index is 1.57. The third kappa shape index (κ3) is 5.39. The molecule has 1 aromatic heterocycles. The number of nitrogens with zero attached hydrogens (tertiary/aromatic N) is 3. The lowest BCUT2D eigenvalue weighted by Crippen LogP contribution is -2.30. The van der Waals surface area contributed by atoms with Crippen molar-refractivity contribution in [2.45, 2.75) is 30.3 Å². The maximum absolute atomic E-state index is 13.0. The second-order valence-corrected chi connectivity index (χ2v) is 9.71. The molecule has 0 saturated carbocycles. The van der Waals surface area contributed by atoms with Gasteiger partial charge in [-0.1, -0.05) is 23.7 Å². The van der Waals surface area contributed by atoms with Crippen molar-refractivity contribution in [2.75, 3.05) is 22.7 Å². The minimum Gasteiger partial charge on any atom is -0.355 e. The molecule has 0 unspecified atom stereocenters. The van der Waals surface area contributed by atoms with Crippen molar-refractivity contribution in [2.24, 2.45) is 0 Å². The lowest BCUT2D eigenvalue weighted by atomic mass is 10.1. The van der Waals surface area contributed by atoms with Crippen LogP contribution < -0.4 is 9.62 Å². The number of hydrogen-bond acceptors (Lipinski definition) is 5. The van der Waals surface area contributed by atoms with E-state index in [4.69, 9.17) is 11.6 Å². The summed E-state index contributed by atoms with van der Waals surface area (Å²) in [5.74, 6) is 0.787. The van der Waals surface area contributed by atoms with E-state index in [9.17, 15) is 21.6 Å². The van der Waals surface area contributed by atoms with E-state index in [-0.39, 0.29) is 10.7 Å². The molecule has 0 spiro atoms. The molecule has 0 amide bonds. The summed E-state index contributed by atoms with van der Waals surface area (Å²) in [5, 5.41) is 8.23. The van der Waals surface area contributed by atoms with Crippen LogP contribution in [-0.2, 0) is 16.2 Å². The zero-order valence-electron chi connectivity index (χ0n) is 17.3. The first kappa shape index (κ1) is 23.3. The van der Waals surface area contributed by atoms with Gasteiger partial charge in [-0.25, -0.2) is 8.42 Å². The minimum atomic E-state index is -4.70. The number of sulfonamides is 1. The van der Waals surface area contributed by atoms with Crippen molar-refractivity contribution >= 4 is 33.1 Å². The lowest BCUT2D eigenvalue weighted by molar-refractivity contribution is -0.137. The summed E-state index contributed by atoms with van der Waals surface area (Å²) < 4.78 is 66.9. The Morgan fingerprint density at radius 3 is 2.36 bits per heavy atom. The van der Waals surface area contributed by atoms with Crippen LogP contribution in [0.4, 0.5) is 24.7 Å². The van der Waals surface area contributed by atoms with Gasteiger partial charge in [0.15, 0.2) is 5.82 Å². The Kier molecular flexibility index (Phi) is 6.49. The molecule has 174 valence electrons. The molecule has 0 radical (unpaired) electrons. The second-order valence-electron chi connectivity index (χ2n) is 7.65. The minimum absolute atomic E-state index is 0.155. The number of alkyl halides is 3. The monoisotopic (exact) mass is 496 g/mol. The maximum atomic E-state index is 13.0. The molecule has 0 atom stereocenters. The number of aromatic nitrogens is 2. The van der Waals surface area contributed by atoms with E-state index in [1.54, 1.807) is 18.2 Å². The first-order valence-corrected chi connectivity index (χ1v) is 12.1. The van der Waals surface area contributed by atoms with Gasteiger partial charge in [-0.05, 0) is 61.7 Å². The number of halogens is 4. The highest BCUT2D eigenvalue weighted by Crippen LogP contribution is 2.34. The molecule has 1 aliphatic heterocycles. The highest BCUT2D eigenvalue weighted by atomic mass is 35.5. The SMILES string of the molecule is O=S(=O)(Nc1cccc(-c2ccc(N3CCCCC3)nn2)c1)c1cc(C(F)(F)F)ccc1Cl. The van der Waals surface area contributed by atoms with Crippen molar-refractivity contribution in [1.82, 2.24) is 10.2 Å². The van der Waals surface area contributed by atoms with E-state index in [2.05, 4.69) is 19.8 Å². The van der Waals surface area contributed by atoms with Crippen LogP contribution in [0.2, 0.25) is 5.02 Å². The van der Waals surface area contributed by atoms with Crippen LogP contribution in [-0.4, -0.2) is 31.7 Å². The van der Waals surface area contributed by atoms with Gasteiger partial charge in [-0.15, -0.1) is 10.2 Å². The topological polar surface area (TPSA) is 75.2 Å². The Labute approximate surface area is 194 Å². The van der Waals surface area contributed by atoms with Crippen molar-refractivity contribution in [3.05, 3.63) is 65.2 Å². The summed E-state index contributed by atoms with van der Waals surface area (Å²) in [6.45, 7) is 1.87. The summed E-state index contributed by atoms with van der Waals surface area (Å²) in [5.41, 5.74) is 0.185. The Morgan fingerprint density at radius 2 is 1.70 bits per heavy atom. The maximum Gasteiger partial charge on any atom is 0.416 e. The molecule has 6 nitrogen and oxygen atoms in total. The second kappa shape index (κ2) is 9.18. The molecule has 1 aliphatic rings. The number of hydrogen-bond donors (Lipinski definition) is 1. The van der Waals surface area contributed by atoms with Gasteiger partial charge in [-0.3, -0.25) is 4.72 Å². The smallest absolute Gasteiger partial charge is 0.355 e. The third-order valence-electron chi connectivity index (χ3n) is 5.29. The number of piperidine rings is 1. The van der Waals surface area contributed by atoms with Crippen molar-refractivity contribution in [3.8, 4) is 11.3 Å². The summed E-state index contributed by atoms with van der Waals surface area (Å²) in [7, 11) is -4.37. The van der Waals surface area contributed by atoms with E-state index < -0.39 is 26.7 Å². The molecule has 0 aliphatic carbocycles. The predicted octanol–water partition coefficient (Wildman–Crippen LogP) is 5.61. The van der Waals surface area contributed by atoms with Crippen LogP contribution in [0.3, 0.4) is 0 Å². The first-order valence-electron chi connectivity index (χ1n) is 10.2. The predicted molar refractivity (Wildman–Crippen MR) is 121 cm³/mol. The molecule has 2 aromatic carbocycles. The standard InChI is InChI=1S/C22H20ClF3N4O2S/c23-18-8-7-16(22(24,25)26)14-20(18)33(31,32)29-17-6-4-5-15(13-17)19-9-10-21(28-27-19)30-11-2-1-3-12-30/h4-10,13-14,29H,1-3,11-12H2. The summed E-state index contributed by atoms with van der Waals surface area (Å²) in [6, 6.07) is 12.2. The van der Waals surface area contributed by atoms with E-state index in [1.165, 1.54) is 18.6 Å². The zero-order valence-corrected chi connectivity index (χ0v) is 18.9. The molecule has 2 heterocycles. The van der Waals surface area contributed by atoms with Gasteiger partial charge in [0.2, 0.25) is 0 Å². The highest BCUT2D eigenvalue weighted by molar-refractivity contribution is 7.92. The fourth-order valence-corrected chi connectivity index (χ4v) is 5.18.